The third-order valence-corrected chi connectivity index (χ3v) is 2.08. The van der Waals surface area contributed by atoms with Gasteiger partial charge in [0.15, 0.2) is 11.5 Å². The molecular formula is C11H15ClO5. The number of methoxy groups -OCH3 is 3. The molecule has 0 fully saturated rings. The Morgan fingerprint density at radius 2 is 1.59 bits per heavy atom. The van der Waals surface area contributed by atoms with Gasteiger partial charge in [0, 0.05) is 0 Å². The van der Waals surface area contributed by atoms with Crippen LogP contribution in [-0.4, -0.2) is 32.4 Å². The number of hydrogen-bond donors (Lipinski definition) is 1. The van der Waals surface area contributed by atoms with Gasteiger partial charge >= 0.3 is 5.97 Å². The first-order valence-electron chi connectivity index (χ1n) is 4.63. The maximum atomic E-state index is 10.6. The Morgan fingerprint density at radius 1 is 1.12 bits per heavy atom. The van der Waals surface area contributed by atoms with Crippen LogP contribution in [0, 0.1) is 0 Å². The molecule has 1 aromatic carbocycles. The molecule has 0 amide bonds. The predicted molar refractivity (Wildman–Crippen MR) is 64.7 cm³/mol. The van der Waals surface area contributed by atoms with Crippen LogP contribution >= 0.6 is 12.4 Å². The second kappa shape index (κ2) is 6.85. The fourth-order valence-electron chi connectivity index (χ4n) is 1.41. The molecule has 0 bridgehead atoms. The number of benzene rings is 1. The van der Waals surface area contributed by atoms with Gasteiger partial charge in [0.1, 0.15) is 0 Å². The van der Waals surface area contributed by atoms with Crippen LogP contribution in [0.5, 0.6) is 17.2 Å². The maximum absolute atomic E-state index is 10.6. The van der Waals surface area contributed by atoms with E-state index in [1.807, 2.05) is 0 Å². The van der Waals surface area contributed by atoms with Crippen molar-refractivity contribution in [3.63, 3.8) is 0 Å². The van der Waals surface area contributed by atoms with E-state index in [4.69, 9.17) is 19.3 Å². The van der Waals surface area contributed by atoms with E-state index in [1.165, 1.54) is 21.3 Å². The van der Waals surface area contributed by atoms with Crippen molar-refractivity contribution < 1.29 is 24.1 Å². The molecule has 0 spiro atoms. The molecule has 0 saturated heterocycles. The van der Waals surface area contributed by atoms with Gasteiger partial charge in [-0.3, -0.25) is 4.79 Å². The number of halogens is 1. The van der Waals surface area contributed by atoms with Gasteiger partial charge in [0.25, 0.3) is 0 Å². The fraction of sp³-hybridized carbons (Fsp3) is 0.364. The van der Waals surface area contributed by atoms with E-state index in [1.54, 1.807) is 12.1 Å². The van der Waals surface area contributed by atoms with Crippen LogP contribution in [0.3, 0.4) is 0 Å². The molecule has 1 N–H and O–H groups in total. The Labute approximate surface area is 106 Å². The Kier molecular flexibility index (Phi) is 6.20. The number of ether oxygens (including phenoxy) is 3. The second-order valence-corrected chi connectivity index (χ2v) is 3.10. The summed E-state index contributed by atoms with van der Waals surface area (Å²) in [4.78, 5) is 10.6. The van der Waals surface area contributed by atoms with E-state index in [-0.39, 0.29) is 18.8 Å². The van der Waals surface area contributed by atoms with Crippen molar-refractivity contribution in [3.8, 4) is 17.2 Å². The largest absolute Gasteiger partial charge is 0.493 e. The summed E-state index contributed by atoms with van der Waals surface area (Å²) in [5.41, 5.74) is 0.599. The monoisotopic (exact) mass is 262 g/mol. The highest BCUT2D eigenvalue weighted by Gasteiger charge is 2.14. The van der Waals surface area contributed by atoms with Crippen LogP contribution in [0.2, 0.25) is 0 Å². The molecule has 1 aromatic rings. The summed E-state index contributed by atoms with van der Waals surface area (Å²) < 4.78 is 15.3. The molecule has 17 heavy (non-hydrogen) atoms. The van der Waals surface area contributed by atoms with E-state index in [9.17, 15) is 4.79 Å². The van der Waals surface area contributed by atoms with Crippen molar-refractivity contribution in [2.75, 3.05) is 21.3 Å². The number of carbonyl (C=O) groups is 1. The smallest absolute Gasteiger partial charge is 0.307 e. The van der Waals surface area contributed by atoms with Gasteiger partial charge in [-0.15, -0.1) is 12.4 Å². The van der Waals surface area contributed by atoms with Crippen molar-refractivity contribution in [3.05, 3.63) is 17.7 Å². The van der Waals surface area contributed by atoms with E-state index < -0.39 is 5.97 Å². The Bertz CT molecular complexity index is 366. The van der Waals surface area contributed by atoms with Crippen molar-refractivity contribution >= 4 is 18.4 Å². The Morgan fingerprint density at radius 3 is 1.88 bits per heavy atom. The molecule has 0 aliphatic rings. The molecule has 0 atom stereocenters. The summed E-state index contributed by atoms with van der Waals surface area (Å²) in [5, 5.41) is 8.71. The lowest BCUT2D eigenvalue weighted by Crippen LogP contribution is -2.02. The zero-order valence-electron chi connectivity index (χ0n) is 9.85. The van der Waals surface area contributed by atoms with Gasteiger partial charge in [-0.05, 0) is 17.7 Å². The van der Waals surface area contributed by atoms with Crippen LogP contribution in [0.25, 0.3) is 0 Å². The average molecular weight is 263 g/mol. The first-order valence-corrected chi connectivity index (χ1v) is 4.63. The van der Waals surface area contributed by atoms with Gasteiger partial charge < -0.3 is 19.3 Å². The molecular weight excluding hydrogens is 248 g/mol. The summed E-state index contributed by atoms with van der Waals surface area (Å²) in [5.74, 6) is 0.463. The molecule has 0 saturated carbocycles. The SMILES string of the molecule is COc1cc(CC(=O)O)cc(OC)c1OC.Cl. The second-order valence-electron chi connectivity index (χ2n) is 3.10. The molecule has 1 rings (SSSR count). The minimum absolute atomic E-state index is 0. The lowest BCUT2D eigenvalue weighted by molar-refractivity contribution is -0.136. The molecule has 0 aliphatic heterocycles. The summed E-state index contributed by atoms with van der Waals surface area (Å²) in [6.45, 7) is 0. The lowest BCUT2D eigenvalue weighted by atomic mass is 10.1. The summed E-state index contributed by atoms with van der Waals surface area (Å²) in [6, 6.07) is 3.24. The quantitative estimate of drug-likeness (QED) is 0.876. The third-order valence-electron chi connectivity index (χ3n) is 2.08. The highest BCUT2D eigenvalue weighted by Crippen LogP contribution is 2.38. The number of aliphatic carboxylic acids is 1. The Balaban J connectivity index is 0.00000256. The first kappa shape index (κ1) is 15.4. The number of rotatable bonds is 5. The number of carboxylic acids is 1. The normalized spacial score (nSPS) is 9.12. The predicted octanol–water partition coefficient (Wildman–Crippen LogP) is 1.76. The molecule has 6 heteroatoms. The zero-order valence-corrected chi connectivity index (χ0v) is 10.7. The number of hydrogen-bond acceptors (Lipinski definition) is 4. The number of carboxylic acid groups (broad SMARTS) is 1. The minimum atomic E-state index is -0.908. The standard InChI is InChI=1S/C11H14O5.ClH/c1-14-8-4-7(6-10(12)13)5-9(15-2)11(8)16-3;/h4-5H,6H2,1-3H3,(H,12,13);1H. The van der Waals surface area contributed by atoms with Crippen LogP contribution in [-0.2, 0) is 11.2 Å². The van der Waals surface area contributed by atoms with Crippen LogP contribution in [0.1, 0.15) is 5.56 Å². The average Bonchev–Trinajstić information content (AvgIpc) is 2.26. The van der Waals surface area contributed by atoms with Gasteiger partial charge in [0.05, 0.1) is 27.8 Å². The van der Waals surface area contributed by atoms with Crippen molar-refractivity contribution in [1.29, 1.82) is 0 Å². The summed E-state index contributed by atoms with van der Waals surface area (Å²) in [6.07, 6.45) is -0.0866. The molecule has 96 valence electrons. The van der Waals surface area contributed by atoms with E-state index in [2.05, 4.69) is 0 Å². The van der Waals surface area contributed by atoms with E-state index in [0.717, 1.165) is 0 Å². The molecule has 0 unspecified atom stereocenters. The third kappa shape index (κ3) is 3.71. The van der Waals surface area contributed by atoms with Gasteiger partial charge in [-0.2, -0.15) is 0 Å². The zero-order chi connectivity index (χ0) is 12.1. The van der Waals surface area contributed by atoms with E-state index >= 15 is 0 Å². The summed E-state index contributed by atoms with van der Waals surface area (Å²) in [7, 11) is 4.47. The highest BCUT2D eigenvalue weighted by atomic mass is 35.5. The molecule has 0 radical (unpaired) electrons. The van der Waals surface area contributed by atoms with E-state index in [0.29, 0.717) is 22.8 Å². The van der Waals surface area contributed by atoms with Crippen LogP contribution in [0.4, 0.5) is 0 Å². The fourth-order valence-corrected chi connectivity index (χ4v) is 1.41. The topological polar surface area (TPSA) is 65.0 Å². The van der Waals surface area contributed by atoms with Crippen molar-refractivity contribution in [2.24, 2.45) is 0 Å². The van der Waals surface area contributed by atoms with Gasteiger partial charge in [-0.1, -0.05) is 0 Å². The maximum Gasteiger partial charge on any atom is 0.307 e. The highest BCUT2D eigenvalue weighted by molar-refractivity contribution is 5.85. The molecule has 5 nitrogen and oxygen atoms in total. The van der Waals surface area contributed by atoms with Crippen molar-refractivity contribution in [1.82, 2.24) is 0 Å². The van der Waals surface area contributed by atoms with Crippen LogP contribution < -0.4 is 14.2 Å². The van der Waals surface area contributed by atoms with Crippen LogP contribution in [0.15, 0.2) is 12.1 Å². The minimum Gasteiger partial charge on any atom is -0.493 e. The summed E-state index contributed by atoms with van der Waals surface area (Å²) >= 11 is 0. The molecule has 0 aliphatic carbocycles. The van der Waals surface area contributed by atoms with Gasteiger partial charge in [-0.25, -0.2) is 0 Å². The van der Waals surface area contributed by atoms with Crippen molar-refractivity contribution in [2.45, 2.75) is 6.42 Å². The molecule has 0 aromatic heterocycles. The lowest BCUT2D eigenvalue weighted by Gasteiger charge is -2.13. The molecule has 0 heterocycles. The Hall–Kier alpha value is -1.62. The van der Waals surface area contributed by atoms with Gasteiger partial charge in [0.2, 0.25) is 5.75 Å². The first-order chi connectivity index (χ1) is 7.62.